The summed E-state index contributed by atoms with van der Waals surface area (Å²) in [5.74, 6) is 0. The lowest BCUT2D eigenvalue weighted by molar-refractivity contribution is -0.0643. The molecule has 0 amide bonds. The average Bonchev–Trinajstić information content (AvgIpc) is 2.13. The number of hydrogen-bond donors (Lipinski definition) is 2. The van der Waals surface area contributed by atoms with Crippen molar-refractivity contribution in [1.29, 1.82) is 0 Å². The van der Waals surface area contributed by atoms with Gasteiger partial charge >= 0.3 is 0 Å². The van der Waals surface area contributed by atoms with Gasteiger partial charge in [0.25, 0.3) is 0 Å². The van der Waals surface area contributed by atoms with Crippen LogP contribution in [-0.4, -0.2) is 30.0 Å². The Balaban J connectivity index is 2.47. The molecular weight excluding hydrogens is 190 g/mol. The number of rotatable bonds is 4. The summed E-state index contributed by atoms with van der Waals surface area (Å²) in [6, 6.07) is -0.110. The first-order valence-corrected chi connectivity index (χ1v) is 5.95. The smallest absolute Gasteiger partial charge is 0.0820 e. The van der Waals surface area contributed by atoms with Gasteiger partial charge in [-0.1, -0.05) is 13.8 Å². The summed E-state index contributed by atoms with van der Waals surface area (Å²) in [6.07, 6.45) is 3.41. The molecular formula is C12H25NO2. The van der Waals surface area contributed by atoms with Gasteiger partial charge in [0.05, 0.1) is 5.60 Å². The van der Waals surface area contributed by atoms with Gasteiger partial charge in [0.15, 0.2) is 0 Å². The van der Waals surface area contributed by atoms with Crippen LogP contribution in [0, 0.1) is 5.41 Å². The minimum Gasteiger partial charge on any atom is -0.388 e. The summed E-state index contributed by atoms with van der Waals surface area (Å²) in [5, 5.41) is 10.4. The van der Waals surface area contributed by atoms with Gasteiger partial charge in [0, 0.05) is 25.7 Å². The molecule has 0 aromatic carbocycles. The number of nitrogens with two attached hydrogens (primary N) is 1. The monoisotopic (exact) mass is 215 g/mol. The molecule has 2 unspecified atom stereocenters. The SMILES string of the molecule is CCOCCC1(O)CCC(C)(C)CC1N. The van der Waals surface area contributed by atoms with E-state index in [1.807, 2.05) is 6.92 Å². The molecule has 1 aliphatic carbocycles. The Morgan fingerprint density at radius 2 is 2.07 bits per heavy atom. The first-order valence-electron chi connectivity index (χ1n) is 5.95. The molecule has 3 nitrogen and oxygen atoms in total. The summed E-state index contributed by atoms with van der Waals surface area (Å²) >= 11 is 0. The van der Waals surface area contributed by atoms with Crippen molar-refractivity contribution in [3.05, 3.63) is 0 Å². The molecule has 1 saturated carbocycles. The quantitative estimate of drug-likeness (QED) is 0.702. The first-order chi connectivity index (χ1) is 6.90. The minimum absolute atomic E-state index is 0.110. The summed E-state index contributed by atoms with van der Waals surface area (Å²) in [4.78, 5) is 0. The van der Waals surface area contributed by atoms with Gasteiger partial charge in [-0.3, -0.25) is 0 Å². The summed E-state index contributed by atoms with van der Waals surface area (Å²) in [7, 11) is 0. The van der Waals surface area contributed by atoms with E-state index in [4.69, 9.17) is 10.5 Å². The van der Waals surface area contributed by atoms with Gasteiger partial charge in [-0.15, -0.1) is 0 Å². The lowest BCUT2D eigenvalue weighted by Gasteiger charge is -2.45. The van der Waals surface area contributed by atoms with E-state index < -0.39 is 5.60 Å². The highest BCUT2D eigenvalue weighted by molar-refractivity contribution is 4.98. The highest BCUT2D eigenvalue weighted by Gasteiger charge is 2.42. The van der Waals surface area contributed by atoms with E-state index in [9.17, 15) is 5.11 Å². The van der Waals surface area contributed by atoms with E-state index in [0.29, 0.717) is 19.6 Å². The maximum atomic E-state index is 10.4. The number of hydrogen-bond acceptors (Lipinski definition) is 3. The van der Waals surface area contributed by atoms with E-state index in [1.165, 1.54) is 0 Å². The normalized spacial score (nSPS) is 35.4. The Bertz CT molecular complexity index is 206. The van der Waals surface area contributed by atoms with Crippen LogP contribution in [0.25, 0.3) is 0 Å². The molecule has 3 heteroatoms. The maximum absolute atomic E-state index is 10.4. The van der Waals surface area contributed by atoms with Crippen LogP contribution in [0.2, 0.25) is 0 Å². The molecule has 2 atom stereocenters. The molecule has 1 aliphatic rings. The lowest BCUT2D eigenvalue weighted by atomic mass is 9.67. The van der Waals surface area contributed by atoms with Crippen LogP contribution in [0.15, 0.2) is 0 Å². The molecule has 0 aliphatic heterocycles. The molecule has 15 heavy (non-hydrogen) atoms. The molecule has 1 rings (SSSR count). The maximum Gasteiger partial charge on any atom is 0.0820 e. The zero-order valence-corrected chi connectivity index (χ0v) is 10.3. The molecule has 0 aromatic rings. The third-order valence-electron chi connectivity index (χ3n) is 3.58. The third kappa shape index (κ3) is 3.44. The predicted octanol–water partition coefficient (Wildman–Crippen LogP) is 1.68. The van der Waals surface area contributed by atoms with Gasteiger partial charge in [0.2, 0.25) is 0 Å². The summed E-state index contributed by atoms with van der Waals surface area (Å²) in [5.41, 5.74) is 5.64. The number of aliphatic hydroxyl groups is 1. The van der Waals surface area contributed by atoms with Crippen LogP contribution in [0.5, 0.6) is 0 Å². The van der Waals surface area contributed by atoms with Crippen molar-refractivity contribution in [2.45, 2.75) is 58.1 Å². The fraction of sp³-hybridized carbons (Fsp3) is 1.00. The van der Waals surface area contributed by atoms with E-state index in [2.05, 4.69) is 13.8 Å². The van der Waals surface area contributed by atoms with E-state index in [1.54, 1.807) is 0 Å². The average molecular weight is 215 g/mol. The van der Waals surface area contributed by atoms with Gasteiger partial charge in [-0.25, -0.2) is 0 Å². The highest BCUT2D eigenvalue weighted by Crippen LogP contribution is 2.40. The molecule has 0 aromatic heterocycles. The predicted molar refractivity (Wildman–Crippen MR) is 61.7 cm³/mol. The van der Waals surface area contributed by atoms with Crippen LogP contribution in [0.4, 0.5) is 0 Å². The van der Waals surface area contributed by atoms with Crippen LogP contribution in [0.3, 0.4) is 0 Å². The molecule has 0 saturated heterocycles. The van der Waals surface area contributed by atoms with Crippen molar-refractivity contribution in [3.8, 4) is 0 Å². The van der Waals surface area contributed by atoms with E-state index in [0.717, 1.165) is 19.3 Å². The van der Waals surface area contributed by atoms with Crippen LogP contribution in [-0.2, 0) is 4.74 Å². The fourth-order valence-electron chi connectivity index (χ4n) is 2.33. The molecule has 3 N–H and O–H groups in total. The van der Waals surface area contributed by atoms with Crippen molar-refractivity contribution in [2.75, 3.05) is 13.2 Å². The Hall–Kier alpha value is -0.120. The Morgan fingerprint density at radius 1 is 1.40 bits per heavy atom. The summed E-state index contributed by atoms with van der Waals surface area (Å²) < 4.78 is 5.29. The lowest BCUT2D eigenvalue weighted by Crippen LogP contribution is -2.54. The Kier molecular flexibility index (Phi) is 4.15. The van der Waals surface area contributed by atoms with Crippen LogP contribution >= 0.6 is 0 Å². The van der Waals surface area contributed by atoms with Crippen molar-refractivity contribution in [3.63, 3.8) is 0 Å². The first kappa shape index (κ1) is 12.9. The van der Waals surface area contributed by atoms with Gasteiger partial charge < -0.3 is 15.6 Å². The molecule has 0 bridgehead atoms. The molecule has 90 valence electrons. The van der Waals surface area contributed by atoms with Crippen molar-refractivity contribution in [1.82, 2.24) is 0 Å². The topological polar surface area (TPSA) is 55.5 Å². The second kappa shape index (κ2) is 4.81. The minimum atomic E-state index is -0.704. The van der Waals surface area contributed by atoms with Crippen molar-refractivity contribution >= 4 is 0 Å². The standard InChI is InChI=1S/C12H25NO2/c1-4-15-8-7-12(14)6-5-11(2,3)9-10(12)13/h10,14H,4-9,13H2,1-3H3. The molecule has 0 spiro atoms. The Labute approximate surface area is 93.0 Å². The van der Waals surface area contributed by atoms with Gasteiger partial charge in [-0.05, 0) is 31.6 Å². The van der Waals surface area contributed by atoms with E-state index >= 15 is 0 Å². The number of ether oxygens (including phenoxy) is 1. The zero-order valence-electron chi connectivity index (χ0n) is 10.3. The van der Waals surface area contributed by atoms with Gasteiger partial charge in [0.1, 0.15) is 0 Å². The summed E-state index contributed by atoms with van der Waals surface area (Å²) in [6.45, 7) is 7.72. The van der Waals surface area contributed by atoms with Crippen molar-refractivity contribution in [2.24, 2.45) is 11.1 Å². The molecule has 0 heterocycles. The Morgan fingerprint density at radius 3 is 2.60 bits per heavy atom. The largest absolute Gasteiger partial charge is 0.388 e. The third-order valence-corrected chi connectivity index (χ3v) is 3.58. The second-order valence-corrected chi connectivity index (χ2v) is 5.53. The highest BCUT2D eigenvalue weighted by atomic mass is 16.5. The second-order valence-electron chi connectivity index (χ2n) is 5.53. The zero-order chi connectivity index (χ0) is 11.5. The fourth-order valence-corrected chi connectivity index (χ4v) is 2.33. The van der Waals surface area contributed by atoms with Gasteiger partial charge in [-0.2, -0.15) is 0 Å². The van der Waals surface area contributed by atoms with Crippen molar-refractivity contribution < 1.29 is 9.84 Å². The van der Waals surface area contributed by atoms with Crippen LogP contribution in [0.1, 0.15) is 46.5 Å². The molecule has 0 radical (unpaired) electrons. The van der Waals surface area contributed by atoms with Crippen LogP contribution < -0.4 is 5.73 Å². The molecule has 1 fully saturated rings. The van der Waals surface area contributed by atoms with E-state index in [-0.39, 0.29) is 11.5 Å².